The Morgan fingerprint density at radius 2 is 1.83 bits per heavy atom. The van der Waals surface area contributed by atoms with Gasteiger partial charge in [-0.15, -0.1) is 0 Å². The van der Waals surface area contributed by atoms with E-state index >= 15 is 0 Å². The first-order chi connectivity index (χ1) is 10.8. The second kappa shape index (κ2) is 6.70. The predicted molar refractivity (Wildman–Crippen MR) is 90.6 cm³/mol. The number of carbonyl (C=O) groups excluding carboxylic acids is 1. The summed E-state index contributed by atoms with van der Waals surface area (Å²) < 4.78 is 30.2. The number of amides is 1. The minimum absolute atomic E-state index is 0.242. The summed E-state index contributed by atoms with van der Waals surface area (Å²) in [7, 11) is -1.99. The summed E-state index contributed by atoms with van der Waals surface area (Å²) in [6, 6.07) is 11.9. The molecule has 0 saturated carbocycles. The van der Waals surface area contributed by atoms with Crippen LogP contribution in [0, 0.1) is 6.92 Å². The van der Waals surface area contributed by atoms with E-state index in [1.54, 1.807) is 24.3 Å². The van der Waals surface area contributed by atoms with Gasteiger partial charge >= 0.3 is 0 Å². The molecule has 0 bridgehead atoms. The van der Waals surface area contributed by atoms with E-state index in [4.69, 9.17) is 4.74 Å². The predicted octanol–water partition coefficient (Wildman–Crippen LogP) is 2.63. The molecule has 0 aliphatic heterocycles. The van der Waals surface area contributed by atoms with Crippen molar-refractivity contribution < 1.29 is 17.9 Å². The summed E-state index contributed by atoms with van der Waals surface area (Å²) in [6.45, 7) is 1.86. The van der Waals surface area contributed by atoms with Crippen molar-refractivity contribution in [2.24, 2.45) is 0 Å². The van der Waals surface area contributed by atoms with Crippen molar-refractivity contribution in [1.82, 2.24) is 0 Å². The lowest BCUT2D eigenvalue weighted by atomic mass is 10.1. The Morgan fingerprint density at radius 1 is 1.13 bits per heavy atom. The Hall–Kier alpha value is -2.54. The number of nitrogens with one attached hydrogen (secondary N) is 2. The van der Waals surface area contributed by atoms with Crippen molar-refractivity contribution in [3.8, 4) is 5.75 Å². The van der Waals surface area contributed by atoms with Crippen LogP contribution in [-0.4, -0.2) is 27.7 Å². The molecule has 1 amide bonds. The molecular formula is C16H18N2O4S. The zero-order chi connectivity index (χ0) is 17.0. The SMILES string of the molecule is COc1cc(NC(=O)c2ccccc2C)ccc1NS(C)(=O)=O. The average Bonchev–Trinajstić information content (AvgIpc) is 2.47. The average molecular weight is 334 g/mol. The Bertz CT molecular complexity index is 832. The Balaban J connectivity index is 2.24. The number of anilines is 2. The lowest BCUT2D eigenvalue weighted by Gasteiger charge is -2.13. The molecule has 2 N–H and O–H groups in total. The van der Waals surface area contributed by atoms with Crippen molar-refractivity contribution >= 4 is 27.3 Å². The lowest BCUT2D eigenvalue weighted by Crippen LogP contribution is -2.14. The van der Waals surface area contributed by atoms with E-state index < -0.39 is 10.0 Å². The van der Waals surface area contributed by atoms with Crippen LogP contribution < -0.4 is 14.8 Å². The maximum atomic E-state index is 12.3. The van der Waals surface area contributed by atoms with E-state index in [-0.39, 0.29) is 5.91 Å². The third kappa shape index (κ3) is 4.46. The molecule has 2 aromatic rings. The summed E-state index contributed by atoms with van der Waals surface area (Å²) in [6.07, 6.45) is 1.06. The largest absolute Gasteiger partial charge is 0.494 e. The highest BCUT2D eigenvalue weighted by atomic mass is 32.2. The third-order valence-electron chi connectivity index (χ3n) is 3.14. The van der Waals surface area contributed by atoms with Gasteiger partial charge in [0.25, 0.3) is 5.91 Å². The maximum Gasteiger partial charge on any atom is 0.255 e. The molecule has 23 heavy (non-hydrogen) atoms. The van der Waals surface area contributed by atoms with Crippen LogP contribution in [0.5, 0.6) is 5.75 Å². The lowest BCUT2D eigenvalue weighted by molar-refractivity contribution is 0.102. The van der Waals surface area contributed by atoms with E-state index in [1.807, 2.05) is 19.1 Å². The van der Waals surface area contributed by atoms with Gasteiger partial charge in [0.1, 0.15) is 5.75 Å². The molecule has 2 rings (SSSR count). The van der Waals surface area contributed by atoms with Crippen LogP contribution in [0.3, 0.4) is 0 Å². The van der Waals surface area contributed by atoms with Crippen LogP contribution in [0.2, 0.25) is 0 Å². The van der Waals surface area contributed by atoms with Crippen molar-refractivity contribution in [2.45, 2.75) is 6.92 Å². The minimum atomic E-state index is -3.41. The first kappa shape index (κ1) is 16.8. The molecule has 0 atom stereocenters. The first-order valence-electron chi connectivity index (χ1n) is 6.83. The van der Waals surface area contributed by atoms with E-state index in [1.165, 1.54) is 13.2 Å². The van der Waals surface area contributed by atoms with Crippen LogP contribution in [0.1, 0.15) is 15.9 Å². The maximum absolute atomic E-state index is 12.3. The van der Waals surface area contributed by atoms with E-state index in [2.05, 4.69) is 10.0 Å². The Labute approximate surface area is 135 Å². The molecule has 0 unspecified atom stereocenters. The highest BCUT2D eigenvalue weighted by molar-refractivity contribution is 7.92. The van der Waals surface area contributed by atoms with Crippen LogP contribution in [-0.2, 0) is 10.0 Å². The molecule has 0 radical (unpaired) electrons. The van der Waals surface area contributed by atoms with Gasteiger partial charge in [0, 0.05) is 17.3 Å². The van der Waals surface area contributed by atoms with E-state index in [0.29, 0.717) is 22.7 Å². The van der Waals surface area contributed by atoms with Crippen molar-refractivity contribution in [3.63, 3.8) is 0 Å². The zero-order valence-corrected chi connectivity index (χ0v) is 13.9. The number of aryl methyl sites for hydroxylation is 1. The molecule has 0 fully saturated rings. The second-order valence-electron chi connectivity index (χ2n) is 5.06. The molecule has 0 aliphatic carbocycles. The topological polar surface area (TPSA) is 84.5 Å². The molecule has 0 heterocycles. The summed E-state index contributed by atoms with van der Waals surface area (Å²) in [5.41, 5.74) is 2.26. The van der Waals surface area contributed by atoms with E-state index in [9.17, 15) is 13.2 Å². The standard InChI is InChI=1S/C16H18N2O4S/c1-11-6-4-5-7-13(11)16(19)17-12-8-9-14(15(10-12)22-2)18-23(3,20)21/h4-10,18H,1-3H3,(H,17,19). The van der Waals surface area contributed by atoms with Crippen LogP contribution >= 0.6 is 0 Å². The van der Waals surface area contributed by atoms with Gasteiger partial charge < -0.3 is 10.1 Å². The second-order valence-corrected chi connectivity index (χ2v) is 6.81. The summed E-state index contributed by atoms with van der Waals surface area (Å²) >= 11 is 0. The fourth-order valence-electron chi connectivity index (χ4n) is 2.08. The summed E-state index contributed by atoms with van der Waals surface area (Å²) in [5, 5.41) is 2.77. The van der Waals surface area contributed by atoms with Crippen LogP contribution in [0.4, 0.5) is 11.4 Å². The molecule has 6 nitrogen and oxygen atoms in total. The summed E-state index contributed by atoms with van der Waals surface area (Å²) in [4.78, 5) is 12.3. The smallest absolute Gasteiger partial charge is 0.255 e. The molecular weight excluding hydrogens is 316 g/mol. The quantitative estimate of drug-likeness (QED) is 0.880. The third-order valence-corrected chi connectivity index (χ3v) is 3.74. The Morgan fingerprint density at radius 3 is 2.43 bits per heavy atom. The van der Waals surface area contributed by atoms with Gasteiger partial charge in [-0.2, -0.15) is 0 Å². The number of ether oxygens (including phenoxy) is 1. The number of benzene rings is 2. The highest BCUT2D eigenvalue weighted by Crippen LogP contribution is 2.29. The number of sulfonamides is 1. The van der Waals surface area contributed by atoms with Gasteiger partial charge in [-0.3, -0.25) is 9.52 Å². The minimum Gasteiger partial charge on any atom is -0.494 e. The molecule has 122 valence electrons. The normalized spacial score (nSPS) is 10.9. The molecule has 0 aliphatic rings. The molecule has 0 spiro atoms. The van der Waals surface area contributed by atoms with Crippen molar-refractivity contribution in [1.29, 1.82) is 0 Å². The molecule has 0 saturated heterocycles. The summed E-state index contributed by atoms with van der Waals surface area (Å²) in [5.74, 6) is 0.0759. The van der Waals surface area contributed by atoms with Gasteiger partial charge in [0.2, 0.25) is 10.0 Å². The van der Waals surface area contributed by atoms with Crippen molar-refractivity contribution in [2.75, 3.05) is 23.4 Å². The number of rotatable bonds is 5. The zero-order valence-electron chi connectivity index (χ0n) is 13.1. The number of methoxy groups -OCH3 is 1. The fourth-order valence-corrected chi connectivity index (χ4v) is 2.65. The highest BCUT2D eigenvalue weighted by Gasteiger charge is 2.12. The molecule has 2 aromatic carbocycles. The van der Waals surface area contributed by atoms with Crippen molar-refractivity contribution in [3.05, 3.63) is 53.6 Å². The van der Waals surface area contributed by atoms with Crippen LogP contribution in [0.25, 0.3) is 0 Å². The van der Waals surface area contributed by atoms with Crippen LogP contribution in [0.15, 0.2) is 42.5 Å². The number of carbonyl (C=O) groups is 1. The van der Waals surface area contributed by atoms with Gasteiger partial charge in [-0.25, -0.2) is 8.42 Å². The van der Waals surface area contributed by atoms with Gasteiger partial charge in [0.15, 0.2) is 0 Å². The van der Waals surface area contributed by atoms with E-state index in [0.717, 1.165) is 11.8 Å². The van der Waals surface area contributed by atoms with Gasteiger partial charge in [-0.05, 0) is 30.7 Å². The van der Waals surface area contributed by atoms with Gasteiger partial charge in [0.05, 0.1) is 19.1 Å². The molecule has 7 heteroatoms. The molecule has 0 aromatic heterocycles. The van der Waals surface area contributed by atoms with Gasteiger partial charge in [-0.1, -0.05) is 18.2 Å². The number of hydrogen-bond acceptors (Lipinski definition) is 4. The first-order valence-corrected chi connectivity index (χ1v) is 8.72. The Kier molecular flexibility index (Phi) is 4.90. The monoisotopic (exact) mass is 334 g/mol. The number of hydrogen-bond donors (Lipinski definition) is 2. The fraction of sp³-hybridized carbons (Fsp3) is 0.188.